The van der Waals surface area contributed by atoms with Gasteiger partial charge in [0.25, 0.3) is 0 Å². The number of halogens is 3. The van der Waals surface area contributed by atoms with Crippen LogP contribution in [0.2, 0.25) is 10.0 Å². The summed E-state index contributed by atoms with van der Waals surface area (Å²) < 4.78 is 13.1. The highest BCUT2D eigenvalue weighted by molar-refractivity contribution is 6.36. The van der Waals surface area contributed by atoms with Gasteiger partial charge in [-0.25, -0.2) is 14.4 Å². The van der Waals surface area contributed by atoms with Gasteiger partial charge in [0, 0.05) is 22.3 Å². The van der Waals surface area contributed by atoms with Crippen molar-refractivity contribution in [2.24, 2.45) is 0 Å². The zero-order valence-electron chi connectivity index (χ0n) is 10.7. The number of aromatic nitrogens is 2. The standard InChI is InChI=1S/C16H9Cl2FN2/c17-11-3-6-13(15(18)7-11)16-14(8-20-9-21-16)10-1-4-12(19)5-2-10/h1-9H. The van der Waals surface area contributed by atoms with Crippen molar-refractivity contribution in [1.82, 2.24) is 9.97 Å². The molecular formula is C16H9Cl2FN2. The van der Waals surface area contributed by atoms with Gasteiger partial charge in [-0.2, -0.15) is 0 Å². The second-order valence-corrected chi connectivity index (χ2v) is 5.26. The lowest BCUT2D eigenvalue weighted by Gasteiger charge is -2.10. The van der Waals surface area contributed by atoms with Gasteiger partial charge in [0.05, 0.1) is 10.7 Å². The Labute approximate surface area is 131 Å². The van der Waals surface area contributed by atoms with E-state index >= 15 is 0 Å². The van der Waals surface area contributed by atoms with Gasteiger partial charge in [0.1, 0.15) is 12.1 Å². The van der Waals surface area contributed by atoms with Crippen molar-refractivity contribution < 1.29 is 4.39 Å². The normalized spacial score (nSPS) is 10.6. The van der Waals surface area contributed by atoms with Crippen molar-refractivity contribution >= 4 is 23.2 Å². The molecule has 0 radical (unpaired) electrons. The average Bonchev–Trinajstić information content (AvgIpc) is 2.48. The molecule has 0 aliphatic heterocycles. The Morgan fingerprint density at radius 2 is 1.67 bits per heavy atom. The minimum Gasteiger partial charge on any atom is -0.244 e. The smallest absolute Gasteiger partial charge is 0.123 e. The molecule has 1 aromatic heterocycles. The van der Waals surface area contributed by atoms with E-state index in [1.165, 1.54) is 18.5 Å². The first-order chi connectivity index (χ1) is 10.1. The third-order valence-corrected chi connectivity index (χ3v) is 3.60. The summed E-state index contributed by atoms with van der Waals surface area (Å²) in [4.78, 5) is 8.35. The maximum absolute atomic E-state index is 13.1. The van der Waals surface area contributed by atoms with Crippen LogP contribution >= 0.6 is 23.2 Å². The molecule has 2 nitrogen and oxygen atoms in total. The summed E-state index contributed by atoms with van der Waals surface area (Å²) in [6.07, 6.45) is 3.13. The maximum atomic E-state index is 13.1. The molecule has 0 amide bonds. The molecule has 0 saturated heterocycles. The van der Waals surface area contributed by atoms with Crippen LogP contribution in [-0.2, 0) is 0 Å². The van der Waals surface area contributed by atoms with Crippen LogP contribution in [0.4, 0.5) is 4.39 Å². The molecule has 0 unspecified atom stereocenters. The number of hydrogen-bond acceptors (Lipinski definition) is 2. The van der Waals surface area contributed by atoms with E-state index in [2.05, 4.69) is 9.97 Å². The predicted molar refractivity (Wildman–Crippen MR) is 82.9 cm³/mol. The van der Waals surface area contributed by atoms with Gasteiger partial charge in [0.2, 0.25) is 0 Å². The zero-order valence-corrected chi connectivity index (χ0v) is 12.2. The minimum absolute atomic E-state index is 0.290. The lowest BCUT2D eigenvalue weighted by atomic mass is 10.0. The molecule has 1 heterocycles. The Bertz CT molecular complexity index is 789. The number of hydrogen-bond donors (Lipinski definition) is 0. The lowest BCUT2D eigenvalue weighted by molar-refractivity contribution is 0.628. The van der Waals surface area contributed by atoms with E-state index in [1.807, 2.05) is 0 Å². The van der Waals surface area contributed by atoms with Crippen LogP contribution < -0.4 is 0 Å². The molecule has 104 valence electrons. The van der Waals surface area contributed by atoms with Gasteiger partial charge >= 0.3 is 0 Å². The average molecular weight is 319 g/mol. The van der Waals surface area contributed by atoms with Crippen LogP contribution in [-0.4, -0.2) is 9.97 Å². The van der Waals surface area contributed by atoms with Crippen LogP contribution in [0.15, 0.2) is 55.0 Å². The molecule has 0 saturated carbocycles. The molecule has 3 aromatic rings. The van der Waals surface area contributed by atoms with Gasteiger partial charge in [-0.3, -0.25) is 0 Å². The first-order valence-corrected chi connectivity index (χ1v) is 6.92. The minimum atomic E-state index is -0.290. The fourth-order valence-electron chi connectivity index (χ4n) is 2.07. The highest BCUT2D eigenvalue weighted by atomic mass is 35.5. The van der Waals surface area contributed by atoms with Gasteiger partial charge < -0.3 is 0 Å². The van der Waals surface area contributed by atoms with Gasteiger partial charge in [0.15, 0.2) is 0 Å². The summed E-state index contributed by atoms with van der Waals surface area (Å²) in [6.45, 7) is 0. The highest BCUT2D eigenvalue weighted by Gasteiger charge is 2.12. The number of rotatable bonds is 2. The topological polar surface area (TPSA) is 25.8 Å². The predicted octanol–water partition coefficient (Wildman–Crippen LogP) is 5.26. The van der Waals surface area contributed by atoms with E-state index in [-0.39, 0.29) is 5.82 Å². The van der Waals surface area contributed by atoms with Gasteiger partial charge in [-0.15, -0.1) is 0 Å². The Morgan fingerprint density at radius 1 is 0.905 bits per heavy atom. The van der Waals surface area contributed by atoms with Crippen molar-refractivity contribution in [1.29, 1.82) is 0 Å². The molecule has 2 aromatic carbocycles. The lowest BCUT2D eigenvalue weighted by Crippen LogP contribution is -1.92. The third kappa shape index (κ3) is 2.89. The first kappa shape index (κ1) is 14.0. The summed E-state index contributed by atoms with van der Waals surface area (Å²) in [5, 5.41) is 1.06. The molecular weight excluding hydrogens is 310 g/mol. The molecule has 0 aliphatic rings. The molecule has 0 atom stereocenters. The largest absolute Gasteiger partial charge is 0.244 e. The molecule has 0 spiro atoms. The SMILES string of the molecule is Fc1ccc(-c2cncnc2-c2ccc(Cl)cc2Cl)cc1. The van der Waals surface area contributed by atoms with Crippen LogP contribution in [0.1, 0.15) is 0 Å². The second kappa shape index (κ2) is 5.80. The van der Waals surface area contributed by atoms with Crippen molar-refractivity contribution in [3.05, 3.63) is 70.9 Å². The zero-order chi connectivity index (χ0) is 14.8. The summed E-state index contributed by atoms with van der Waals surface area (Å²) in [5.41, 5.74) is 3.03. The Hall–Kier alpha value is -1.97. The Morgan fingerprint density at radius 3 is 2.38 bits per heavy atom. The fraction of sp³-hybridized carbons (Fsp3) is 0. The summed E-state index contributed by atoms with van der Waals surface area (Å²) in [7, 11) is 0. The molecule has 0 bridgehead atoms. The van der Waals surface area contributed by atoms with E-state index in [9.17, 15) is 4.39 Å². The van der Waals surface area contributed by atoms with E-state index in [0.717, 1.165) is 16.7 Å². The van der Waals surface area contributed by atoms with E-state index in [0.29, 0.717) is 15.7 Å². The highest BCUT2D eigenvalue weighted by Crippen LogP contribution is 2.35. The second-order valence-electron chi connectivity index (χ2n) is 4.42. The summed E-state index contributed by atoms with van der Waals surface area (Å²) in [6, 6.07) is 11.4. The van der Waals surface area contributed by atoms with Crippen LogP contribution in [0.3, 0.4) is 0 Å². The van der Waals surface area contributed by atoms with E-state index < -0.39 is 0 Å². The quantitative estimate of drug-likeness (QED) is 0.644. The molecule has 21 heavy (non-hydrogen) atoms. The first-order valence-electron chi connectivity index (χ1n) is 6.16. The van der Waals surface area contributed by atoms with Crippen molar-refractivity contribution in [2.45, 2.75) is 0 Å². The molecule has 5 heteroatoms. The van der Waals surface area contributed by atoms with Crippen molar-refractivity contribution in [3.8, 4) is 22.4 Å². The molecule has 0 fully saturated rings. The monoisotopic (exact) mass is 318 g/mol. The van der Waals surface area contributed by atoms with Crippen LogP contribution in [0, 0.1) is 5.82 Å². The fourth-order valence-corrected chi connectivity index (χ4v) is 2.56. The molecule has 0 N–H and O–H groups in total. The number of benzene rings is 2. The summed E-state index contributed by atoms with van der Waals surface area (Å²) >= 11 is 12.2. The van der Waals surface area contributed by atoms with Crippen LogP contribution in [0.25, 0.3) is 22.4 Å². The van der Waals surface area contributed by atoms with Gasteiger partial charge in [-0.05, 0) is 35.9 Å². The Kier molecular flexibility index (Phi) is 3.86. The molecule has 0 aliphatic carbocycles. The van der Waals surface area contributed by atoms with Crippen molar-refractivity contribution in [3.63, 3.8) is 0 Å². The van der Waals surface area contributed by atoms with Crippen LogP contribution in [0.5, 0.6) is 0 Å². The number of nitrogens with zero attached hydrogens (tertiary/aromatic N) is 2. The third-order valence-electron chi connectivity index (χ3n) is 3.05. The summed E-state index contributed by atoms with van der Waals surface area (Å²) in [5.74, 6) is -0.290. The van der Waals surface area contributed by atoms with E-state index in [1.54, 1.807) is 36.5 Å². The maximum Gasteiger partial charge on any atom is 0.123 e. The Balaban J connectivity index is 2.18. The molecule has 3 rings (SSSR count). The van der Waals surface area contributed by atoms with E-state index in [4.69, 9.17) is 23.2 Å². The van der Waals surface area contributed by atoms with Gasteiger partial charge in [-0.1, -0.05) is 35.3 Å². The van der Waals surface area contributed by atoms with Crippen molar-refractivity contribution in [2.75, 3.05) is 0 Å².